The molecule has 0 saturated carbocycles. The lowest BCUT2D eigenvalue weighted by atomic mass is 10.1. The van der Waals surface area contributed by atoms with Crippen LogP contribution >= 0.6 is 39.1 Å². The third kappa shape index (κ3) is 10.2. The predicted molar refractivity (Wildman–Crippen MR) is 185 cm³/mol. The second kappa shape index (κ2) is 17.0. The normalized spacial score (nSPS) is 12.3. The number of halogens is 3. The van der Waals surface area contributed by atoms with Crippen molar-refractivity contribution in [3.63, 3.8) is 0 Å². The molecule has 4 aromatic carbocycles. The summed E-state index contributed by atoms with van der Waals surface area (Å²) in [5.74, 6) is 0.377. The molecule has 0 fully saturated rings. The molecule has 0 heterocycles. The second-order valence-electron chi connectivity index (χ2n) is 10.4. The highest BCUT2D eigenvalue weighted by atomic mass is 79.9. The van der Waals surface area contributed by atoms with Crippen molar-refractivity contribution in [2.24, 2.45) is 5.10 Å². The summed E-state index contributed by atoms with van der Waals surface area (Å²) in [6, 6.07) is 24.8. The summed E-state index contributed by atoms with van der Waals surface area (Å²) in [4.78, 5) is 26.4. The van der Waals surface area contributed by atoms with Gasteiger partial charge in [-0.2, -0.15) is 5.10 Å². The number of hydrogen-bond acceptors (Lipinski definition) is 6. The Bertz CT molecular complexity index is 1670. The topological polar surface area (TPSA) is 98.2 Å². The fourth-order valence-corrected chi connectivity index (χ4v) is 5.34. The van der Waals surface area contributed by atoms with Crippen LogP contribution in [0.3, 0.4) is 0 Å². The molecule has 0 aliphatic rings. The Balaban J connectivity index is 1.44. The van der Waals surface area contributed by atoms with E-state index < -0.39 is 24.0 Å². The summed E-state index contributed by atoms with van der Waals surface area (Å²) in [5.41, 5.74) is 6.26. The lowest BCUT2D eigenvalue weighted by Crippen LogP contribution is -2.50. The number of hydrazone groups is 1. The molecule has 0 bridgehead atoms. The lowest BCUT2D eigenvalue weighted by molar-refractivity contribution is -0.132. The van der Waals surface area contributed by atoms with Gasteiger partial charge in [0.2, 0.25) is 0 Å². The largest absolute Gasteiger partial charge is 0.490 e. The van der Waals surface area contributed by atoms with Gasteiger partial charge in [0.1, 0.15) is 18.4 Å². The van der Waals surface area contributed by atoms with Crippen molar-refractivity contribution in [1.82, 2.24) is 10.7 Å². The number of hydrogen-bond donors (Lipinski definition) is 2. The van der Waals surface area contributed by atoms with Gasteiger partial charge in [-0.1, -0.05) is 83.4 Å². The van der Waals surface area contributed by atoms with Gasteiger partial charge < -0.3 is 19.5 Å². The lowest BCUT2D eigenvalue weighted by Gasteiger charge is -2.21. The van der Waals surface area contributed by atoms with Crippen molar-refractivity contribution >= 4 is 57.2 Å². The van der Waals surface area contributed by atoms with Crippen molar-refractivity contribution < 1.29 is 23.8 Å². The van der Waals surface area contributed by atoms with Gasteiger partial charge in [0, 0.05) is 11.4 Å². The van der Waals surface area contributed by atoms with Gasteiger partial charge in [-0.3, -0.25) is 9.59 Å². The number of carbonyl (C=O) groups is 2. The van der Waals surface area contributed by atoms with Gasteiger partial charge in [0.15, 0.2) is 17.6 Å². The van der Waals surface area contributed by atoms with E-state index >= 15 is 0 Å². The number of nitrogens with one attached hydrogen (secondary N) is 2. The van der Waals surface area contributed by atoms with Crippen LogP contribution in [0.5, 0.6) is 17.2 Å². The number of rotatable bonds is 14. The zero-order chi connectivity index (χ0) is 33.1. The maximum absolute atomic E-state index is 13.3. The van der Waals surface area contributed by atoms with E-state index in [2.05, 4.69) is 31.8 Å². The molecule has 8 nitrogen and oxygen atoms in total. The van der Waals surface area contributed by atoms with Gasteiger partial charge in [-0.05, 0) is 83.7 Å². The summed E-state index contributed by atoms with van der Waals surface area (Å²) in [6.45, 7) is 6.28. The molecule has 0 saturated heterocycles. The van der Waals surface area contributed by atoms with Gasteiger partial charge in [0.05, 0.1) is 22.3 Å². The highest BCUT2D eigenvalue weighted by Gasteiger charge is 2.25. The number of benzene rings is 4. The van der Waals surface area contributed by atoms with Crippen LogP contribution in [0.2, 0.25) is 10.0 Å². The van der Waals surface area contributed by atoms with E-state index in [9.17, 15) is 9.59 Å². The van der Waals surface area contributed by atoms with Crippen LogP contribution in [-0.4, -0.2) is 36.8 Å². The molecule has 2 N–H and O–H groups in total. The van der Waals surface area contributed by atoms with Crippen LogP contribution in [0.1, 0.15) is 36.1 Å². The fraction of sp³-hybridized carbons (Fsp3) is 0.229. The summed E-state index contributed by atoms with van der Waals surface area (Å²) in [7, 11) is 0. The Labute approximate surface area is 287 Å². The second-order valence-corrected chi connectivity index (χ2v) is 12.1. The minimum atomic E-state index is -0.950. The van der Waals surface area contributed by atoms with Crippen LogP contribution < -0.4 is 25.0 Å². The first kappa shape index (κ1) is 34.8. The standard InChI is InChI=1S/C35H34BrCl2N3O5/c1-4-44-32-18-26(16-28(36)33(32)45-21-25-12-10-22(2)11-13-25)20-39-41-35(43)30(17-24-8-6-5-7-9-24)40-34(42)23(3)46-31-15-14-27(37)19-29(31)38/h5-16,18-20,23,30H,4,17,21H2,1-3H3,(H,40,42)(H,41,43)/b39-20-/t23-,30+/m1/s1. The number of nitrogens with zero attached hydrogens (tertiary/aromatic N) is 1. The summed E-state index contributed by atoms with van der Waals surface area (Å²) in [5, 5.41) is 7.65. The zero-order valence-corrected chi connectivity index (χ0v) is 28.7. The highest BCUT2D eigenvalue weighted by molar-refractivity contribution is 9.10. The van der Waals surface area contributed by atoms with E-state index in [0.717, 1.165) is 11.1 Å². The Morgan fingerprint density at radius 2 is 1.65 bits per heavy atom. The van der Waals surface area contributed by atoms with Crippen molar-refractivity contribution in [3.8, 4) is 17.2 Å². The first-order valence-corrected chi connectivity index (χ1v) is 16.1. The number of amides is 2. The molecule has 0 radical (unpaired) electrons. The van der Waals surface area contributed by atoms with Crippen LogP contribution in [0.4, 0.5) is 0 Å². The van der Waals surface area contributed by atoms with E-state index in [0.29, 0.717) is 45.5 Å². The van der Waals surface area contributed by atoms with Crippen molar-refractivity contribution in [1.29, 1.82) is 0 Å². The van der Waals surface area contributed by atoms with Gasteiger partial charge in [-0.15, -0.1) is 0 Å². The SMILES string of the molecule is CCOc1cc(/C=N\NC(=O)[C@H](Cc2ccccc2)NC(=O)[C@@H](C)Oc2ccc(Cl)cc2Cl)cc(Br)c1OCc1ccc(C)cc1. The van der Waals surface area contributed by atoms with Crippen molar-refractivity contribution in [3.05, 3.63) is 122 Å². The molecule has 2 atom stereocenters. The molecule has 46 heavy (non-hydrogen) atoms. The monoisotopic (exact) mass is 725 g/mol. The summed E-state index contributed by atoms with van der Waals surface area (Å²) >= 11 is 15.7. The van der Waals surface area contributed by atoms with E-state index in [4.69, 9.17) is 37.4 Å². The molecule has 0 aliphatic carbocycles. The molecule has 0 aliphatic heterocycles. The molecule has 240 valence electrons. The molecular weight excluding hydrogens is 693 g/mol. The van der Waals surface area contributed by atoms with Gasteiger partial charge >= 0.3 is 0 Å². The predicted octanol–water partition coefficient (Wildman–Crippen LogP) is 7.69. The molecule has 11 heteroatoms. The maximum Gasteiger partial charge on any atom is 0.262 e. The Kier molecular flexibility index (Phi) is 12.9. The van der Waals surface area contributed by atoms with Crippen LogP contribution in [0.25, 0.3) is 0 Å². The van der Waals surface area contributed by atoms with Crippen LogP contribution in [-0.2, 0) is 22.6 Å². The average molecular weight is 727 g/mol. The smallest absolute Gasteiger partial charge is 0.262 e. The molecular formula is C35H34BrCl2N3O5. The van der Waals surface area contributed by atoms with E-state index in [1.165, 1.54) is 17.8 Å². The number of aryl methyl sites for hydroxylation is 1. The Hall–Kier alpha value is -4.05. The molecule has 4 rings (SSSR count). The summed E-state index contributed by atoms with van der Waals surface area (Å²) < 4.78 is 18.3. The highest BCUT2D eigenvalue weighted by Crippen LogP contribution is 2.37. The third-order valence-corrected chi connectivity index (χ3v) is 7.83. The first-order valence-electron chi connectivity index (χ1n) is 14.6. The molecule has 0 spiro atoms. The quantitative estimate of drug-likeness (QED) is 0.103. The van der Waals surface area contributed by atoms with Gasteiger partial charge in [0.25, 0.3) is 11.8 Å². The zero-order valence-electron chi connectivity index (χ0n) is 25.6. The minimum absolute atomic E-state index is 0.232. The Morgan fingerprint density at radius 1 is 0.913 bits per heavy atom. The third-order valence-electron chi connectivity index (χ3n) is 6.71. The van der Waals surface area contributed by atoms with E-state index in [1.807, 2.05) is 74.5 Å². The van der Waals surface area contributed by atoms with E-state index in [-0.39, 0.29) is 11.4 Å². The van der Waals surface area contributed by atoms with Crippen molar-refractivity contribution in [2.75, 3.05) is 6.61 Å². The summed E-state index contributed by atoms with van der Waals surface area (Å²) in [6.07, 6.45) is 0.773. The van der Waals surface area contributed by atoms with Crippen LogP contribution in [0, 0.1) is 6.92 Å². The first-order chi connectivity index (χ1) is 22.1. The van der Waals surface area contributed by atoms with E-state index in [1.54, 1.807) is 25.1 Å². The molecule has 4 aromatic rings. The van der Waals surface area contributed by atoms with Crippen molar-refractivity contribution in [2.45, 2.75) is 45.9 Å². The maximum atomic E-state index is 13.3. The average Bonchev–Trinajstić information content (AvgIpc) is 3.03. The number of carbonyl (C=O) groups excluding carboxylic acids is 2. The van der Waals surface area contributed by atoms with Crippen LogP contribution in [0.15, 0.2) is 94.5 Å². The molecule has 2 amide bonds. The Morgan fingerprint density at radius 3 is 2.35 bits per heavy atom. The fourth-order valence-electron chi connectivity index (χ4n) is 4.32. The molecule has 0 aromatic heterocycles. The minimum Gasteiger partial charge on any atom is -0.490 e. The van der Waals surface area contributed by atoms with Gasteiger partial charge in [-0.25, -0.2) is 5.43 Å². The number of ether oxygens (including phenoxy) is 3. The molecule has 0 unspecified atom stereocenters.